The molecule has 5 heteroatoms. The van der Waals surface area contributed by atoms with Gasteiger partial charge in [-0.1, -0.05) is 26.0 Å². The van der Waals surface area contributed by atoms with Crippen LogP contribution < -0.4 is 9.47 Å². The molecule has 0 aliphatic carbocycles. The molecule has 0 spiro atoms. The summed E-state index contributed by atoms with van der Waals surface area (Å²) in [6, 6.07) is 7.42. The third-order valence-electron chi connectivity index (χ3n) is 2.78. The fraction of sp³-hybridized carbons (Fsp3) is 0.333. The molecular formula is C15H17ClN2O2. The Bertz CT molecular complexity index is 588. The Labute approximate surface area is 123 Å². The van der Waals surface area contributed by atoms with Crippen LogP contribution in [0.1, 0.15) is 31.3 Å². The standard InChI is InChI=1S/C15H17ClN2O2/c1-10(2)15-17-9-14(11(8-16)18-15)20-13-7-5-4-6-12(13)19-3/h4-7,9-10H,8H2,1-3H3. The molecule has 20 heavy (non-hydrogen) atoms. The van der Waals surface area contributed by atoms with Gasteiger partial charge in [-0.2, -0.15) is 0 Å². The van der Waals surface area contributed by atoms with E-state index in [2.05, 4.69) is 9.97 Å². The largest absolute Gasteiger partial charge is 0.493 e. The van der Waals surface area contributed by atoms with Crippen molar-refractivity contribution in [2.24, 2.45) is 0 Å². The SMILES string of the molecule is COc1ccccc1Oc1cnc(C(C)C)nc1CCl. The molecule has 2 rings (SSSR count). The summed E-state index contributed by atoms with van der Waals surface area (Å²) in [4.78, 5) is 8.74. The molecule has 0 bridgehead atoms. The summed E-state index contributed by atoms with van der Waals surface area (Å²) in [5, 5.41) is 0. The van der Waals surface area contributed by atoms with Gasteiger partial charge in [-0.15, -0.1) is 11.6 Å². The van der Waals surface area contributed by atoms with Crippen LogP contribution >= 0.6 is 11.6 Å². The molecule has 1 heterocycles. The quantitative estimate of drug-likeness (QED) is 0.777. The van der Waals surface area contributed by atoms with Crippen molar-refractivity contribution in [1.82, 2.24) is 9.97 Å². The Morgan fingerprint density at radius 2 is 1.85 bits per heavy atom. The number of aromatic nitrogens is 2. The molecule has 0 saturated carbocycles. The lowest BCUT2D eigenvalue weighted by atomic mass is 10.2. The molecule has 106 valence electrons. The topological polar surface area (TPSA) is 44.2 Å². The van der Waals surface area contributed by atoms with Crippen LogP contribution in [0, 0.1) is 0 Å². The number of hydrogen-bond donors (Lipinski definition) is 0. The number of para-hydroxylation sites is 2. The summed E-state index contributed by atoms with van der Waals surface area (Å²) in [6.45, 7) is 4.07. The van der Waals surface area contributed by atoms with E-state index in [4.69, 9.17) is 21.1 Å². The molecule has 0 saturated heterocycles. The predicted molar refractivity (Wildman–Crippen MR) is 78.7 cm³/mol. The monoisotopic (exact) mass is 292 g/mol. The summed E-state index contributed by atoms with van der Waals surface area (Å²) in [7, 11) is 1.60. The van der Waals surface area contributed by atoms with Gasteiger partial charge >= 0.3 is 0 Å². The van der Waals surface area contributed by atoms with Crippen molar-refractivity contribution in [3.8, 4) is 17.2 Å². The molecule has 1 aromatic carbocycles. The zero-order valence-corrected chi connectivity index (χ0v) is 12.5. The first kappa shape index (κ1) is 14.6. The molecule has 4 nitrogen and oxygen atoms in total. The Kier molecular flexibility index (Phi) is 4.79. The first-order chi connectivity index (χ1) is 9.65. The number of nitrogens with zero attached hydrogens (tertiary/aromatic N) is 2. The van der Waals surface area contributed by atoms with E-state index in [1.165, 1.54) is 0 Å². The summed E-state index contributed by atoms with van der Waals surface area (Å²) in [5.74, 6) is 3.09. The Morgan fingerprint density at radius 3 is 2.45 bits per heavy atom. The zero-order chi connectivity index (χ0) is 14.5. The number of ether oxygens (including phenoxy) is 2. The van der Waals surface area contributed by atoms with E-state index in [-0.39, 0.29) is 11.8 Å². The van der Waals surface area contributed by atoms with Crippen LogP contribution in [-0.2, 0) is 5.88 Å². The molecule has 0 aliphatic rings. The van der Waals surface area contributed by atoms with Crippen LogP contribution in [0.3, 0.4) is 0 Å². The van der Waals surface area contributed by atoms with Gasteiger partial charge < -0.3 is 9.47 Å². The average Bonchev–Trinajstić information content (AvgIpc) is 2.48. The van der Waals surface area contributed by atoms with E-state index in [1.807, 2.05) is 38.1 Å². The lowest BCUT2D eigenvalue weighted by Crippen LogP contribution is -2.02. The minimum atomic E-state index is 0.247. The Balaban J connectivity index is 2.33. The predicted octanol–water partition coefficient (Wildman–Crippen LogP) is 4.14. The van der Waals surface area contributed by atoms with E-state index in [0.717, 1.165) is 5.82 Å². The van der Waals surface area contributed by atoms with Crippen molar-refractivity contribution in [1.29, 1.82) is 0 Å². The molecule has 2 aromatic rings. The van der Waals surface area contributed by atoms with Crippen LogP contribution in [0.2, 0.25) is 0 Å². The van der Waals surface area contributed by atoms with E-state index < -0.39 is 0 Å². The zero-order valence-electron chi connectivity index (χ0n) is 11.8. The highest BCUT2D eigenvalue weighted by Gasteiger charge is 2.12. The summed E-state index contributed by atoms with van der Waals surface area (Å²) in [5.41, 5.74) is 0.677. The molecule has 1 aromatic heterocycles. The molecule has 0 radical (unpaired) electrons. The molecule has 0 N–H and O–H groups in total. The first-order valence-corrected chi connectivity index (χ1v) is 6.91. The van der Waals surface area contributed by atoms with Crippen molar-refractivity contribution < 1.29 is 9.47 Å². The first-order valence-electron chi connectivity index (χ1n) is 6.38. The number of alkyl halides is 1. The van der Waals surface area contributed by atoms with Crippen molar-refractivity contribution >= 4 is 11.6 Å². The Morgan fingerprint density at radius 1 is 1.15 bits per heavy atom. The average molecular weight is 293 g/mol. The van der Waals surface area contributed by atoms with Gasteiger partial charge in [-0.05, 0) is 12.1 Å². The lowest BCUT2D eigenvalue weighted by Gasteiger charge is -2.13. The van der Waals surface area contributed by atoms with Gasteiger partial charge in [0.25, 0.3) is 0 Å². The highest BCUT2D eigenvalue weighted by molar-refractivity contribution is 6.17. The Hall–Kier alpha value is -1.81. The van der Waals surface area contributed by atoms with E-state index >= 15 is 0 Å². The number of benzene rings is 1. The van der Waals surface area contributed by atoms with Crippen molar-refractivity contribution in [3.63, 3.8) is 0 Å². The van der Waals surface area contributed by atoms with Crippen LogP contribution in [0.15, 0.2) is 30.5 Å². The minimum absolute atomic E-state index is 0.247. The van der Waals surface area contributed by atoms with Crippen LogP contribution in [0.5, 0.6) is 17.2 Å². The highest BCUT2D eigenvalue weighted by atomic mass is 35.5. The summed E-state index contributed by atoms with van der Waals surface area (Å²) >= 11 is 5.95. The lowest BCUT2D eigenvalue weighted by molar-refractivity contribution is 0.376. The second kappa shape index (κ2) is 6.57. The third kappa shape index (κ3) is 3.20. The maximum Gasteiger partial charge on any atom is 0.169 e. The van der Waals surface area contributed by atoms with Gasteiger partial charge in [0, 0.05) is 5.92 Å². The molecule has 0 amide bonds. The second-order valence-corrected chi connectivity index (χ2v) is 4.85. The van der Waals surface area contributed by atoms with E-state index in [9.17, 15) is 0 Å². The van der Waals surface area contributed by atoms with Gasteiger partial charge in [0.05, 0.1) is 19.2 Å². The van der Waals surface area contributed by atoms with Crippen LogP contribution in [0.25, 0.3) is 0 Å². The van der Waals surface area contributed by atoms with Crippen molar-refractivity contribution in [3.05, 3.63) is 42.0 Å². The second-order valence-electron chi connectivity index (χ2n) is 4.58. The summed E-state index contributed by atoms with van der Waals surface area (Å²) in [6.07, 6.45) is 1.66. The maximum absolute atomic E-state index is 5.95. The number of hydrogen-bond acceptors (Lipinski definition) is 4. The molecule has 0 fully saturated rings. The normalized spacial score (nSPS) is 10.7. The van der Waals surface area contributed by atoms with Gasteiger partial charge in [-0.3, -0.25) is 0 Å². The van der Waals surface area contributed by atoms with Gasteiger partial charge in [0.15, 0.2) is 17.2 Å². The van der Waals surface area contributed by atoms with Gasteiger partial charge in [0.1, 0.15) is 11.5 Å². The van der Waals surface area contributed by atoms with E-state index in [0.29, 0.717) is 22.9 Å². The van der Waals surface area contributed by atoms with Gasteiger partial charge in [0.2, 0.25) is 0 Å². The number of methoxy groups -OCH3 is 1. The maximum atomic E-state index is 5.95. The smallest absolute Gasteiger partial charge is 0.169 e. The van der Waals surface area contributed by atoms with Gasteiger partial charge in [-0.25, -0.2) is 9.97 Å². The third-order valence-corrected chi connectivity index (χ3v) is 3.03. The van der Waals surface area contributed by atoms with Crippen molar-refractivity contribution in [2.75, 3.05) is 7.11 Å². The van der Waals surface area contributed by atoms with Crippen molar-refractivity contribution in [2.45, 2.75) is 25.6 Å². The highest BCUT2D eigenvalue weighted by Crippen LogP contribution is 2.32. The van der Waals surface area contributed by atoms with Crippen LogP contribution in [0.4, 0.5) is 0 Å². The molecule has 0 atom stereocenters. The molecular weight excluding hydrogens is 276 g/mol. The molecule has 0 unspecified atom stereocenters. The number of halogens is 1. The molecule has 0 aliphatic heterocycles. The minimum Gasteiger partial charge on any atom is -0.493 e. The fourth-order valence-electron chi connectivity index (χ4n) is 1.70. The fourth-order valence-corrected chi connectivity index (χ4v) is 1.89. The summed E-state index contributed by atoms with van der Waals surface area (Å²) < 4.78 is 11.1. The number of rotatable bonds is 5. The van der Waals surface area contributed by atoms with E-state index in [1.54, 1.807) is 13.3 Å². The van der Waals surface area contributed by atoms with Crippen LogP contribution in [-0.4, -0.2) is 17.1 Å².